The van der Waals surface area contributed by atoms with E-state index in [2.05, 4.69) is 39.0 Å². The molecule has 1 fully saturated rings. The molecule has 1 aromatic carbocycles. The summed E-state index contributed by atoms with van der Waals surface area (Å²) in [6.07, 6.45) is 4.00. The maximum Gasteiger partial charge on any atom is 0.140 e. The first-order chi connectivity index (χ1) is 9.60. The maximum atomic E-state index is 5.49. The SMILES string of the molecule is CC[N+]12CCC(C)CC(Cc3ccc(OC)cc31)C2C. The number of benzene rings is 1. The topological polar surface area (TPSA) is 9.23 Å². The van der Waals surface area contributed by atoms with E-state index in [-0.39, 0.29) is 0 Å². The number of fused-ring (bicyclic) bond motifs is 4. The van der Waals surface area contributed by atoms with Gasteiger partial charge in [-0.15, -0.1) is 0 Å². The molecule has 1 aromatic rings. The Labute approximate surface area is 123 Å². The van der Waals surface area contributed by atoms with Gasteiger partial charge in [-0.25, -0.2) is 0 Å². The van der Waals surface area contributed by atoms with Crippen molar-refractivity contribution < 1.29 is 4.74 Å². The van der Waals surface area contributed by atoms with E-state index in [1.807, 2.05) is 0 Å². The van der Waals surface area contributed by atoms with E-state index in [9.17, 15) is 0 Å². The number of quaternary nitrogens is 1. The molecule has 2 nitrogen and oxygen atoms in total. The minimum absolute atomic E-state index is 0.740. The van der Waals surface area contributed by atoms with Gasteiger partial charge in [0.25, 0.3) is 0 Å². The highest BCUT2D eigenvalue weighted by atomic mass is 16.5. The highest BCUT2D eigenvalue weighted by Crippen LogP contribution is 2.46. The number of rotatable bonds is 2. The molecule has 0 radical (unpaired) electrons. The summed E-state index contributed by atoms with van der Waals surface area (Å²) in [5.41, 5.74) is 3.09. The quantitative estimate of drug-likeness (QED) is 0.740. The lowest BCUT2D eigenvalue weighted by molar-refractivity contribution is 0.161. The minimum Gasteiger partial charge on any atom is -0.497 e. The van der Waals surface area contributed by atoms with E-state index < -0.39 is 0 Å². The maximum absolute atomic E-state index is 5.49. The van der Waals surface area contributed by atoms with Crippen molar-refractivity contribution in [3.63, 3.8) is 0 Å². The van der Waals surface area contributed by atoms with Gasteiger partial charge in [-0.1, -0.05) is 6.92 Å². The molecule has 110 valence electrons. The van der Waals surface area contributed by atoms with Crippen molar-refractivity contribution in [1.82, 2.24) is 4.48 Å². The highest BCUT2D eigenvalue weighted by molar-refractivity contribution is 5.57. The van der Waals surface area contributed by atoms with Gasteiger partial charge in [-0.05, 0) is 51.2 Å². The van der Waals surface area contributed by atoms with Gasteiger partial charge in [0.2, 0.25) is 0 Å². The molecular formula is C18H28NO+. The van der Waals surface area contributed by atoms with E-state index in [0.29, 0.717) is 0 Å². The summed E-state index contributed by atoms with van der Waals surface area (Å²) in [4.78, 5) is 0. The predicted octanol–water partition coefficient (Wildman–Crippen LogP) is 4.01. The van der Waals surface area contributed by atoms with Crippen LogP contribution in [0.5, 0.6) is 5.75 Å². The Bertz CT molecular complexity index is 498. The van der Waals surface area contributed by atoms with Crippen LogP contribution < -0.4 is 9.22 Å². The number of hydrogen-bond donors (Lipinski definition) is 0. The van der Waals surface area contributed by atoms with Gasteiger partial charge < -0.3 is 4.74 Å². The van der Waals surface area contributed by atoms with Gasteiger partial charge in [-0.2, -0.15) is 0 Å². The Hall–Kier alpha value is -1.02. The first kappa shape index (κ1) is 13.9. The molecule has 20 heavy (non-hydrogen) atoms. The molecule has 0 N–H and O–H groups in total. The molecule has 2 bridgehead atoms. The number of hydrogen-bond acceptors (Lipinski definition) is 1. The molecule has 1 saturated heterocycles. The standard InChI is InChI=1S/C18H28NO/c1-5-19-9-8-13(2)10-16(14(19)3)11-15-6-7-17(20-4)12-18(15)19/h6-7,12-14,16H,5,8-11H2,1-4H3/q+1. The number of ether oxygens (including phenoxy) is 1. The fourth-order valence-electron chi connectivity index (χ4n) is 4.64. The van der Waals surface area contributed by atoms with Crippen molar-refractivity contribution in [3.05, 3.63) is 23.8 Å². The van der Waals surface area contributed by atoms with Crippen LogP contribution in [0.2, 0.25) is 0 Å². The highest BCUT2D eigenvalue weighted by Gasteiger charge is 2.47. The van der Waals surface area contributed by atoms with Crippen LogP contribution in [0.1, 0.15) is 39.2 Å². The Morgan fingerprint density at radius 3 is 2.80 bits per heavy atom. The van der Waals surface area contributed by atoms with E-state index in [1.54, 1.807) is 12.7 Å². The van der Waals surface area contributed by atoms with Gasteiger partial charge in [-0.3, -0.25) is 4.48 Å². The Morgan fingerprint density at radius 1 is 1.30 bits per heavy atom. The summed E-state index contributed by atoms with van der Waals surface area (Å²) in [5, 5.41) is 0. The Kier molecular flexibility index (Phi) is 3.53. The second-order valence-electron chi connectivity index (χ2n) is 6.90. The summed E-state index contributed by atoms with van der Waals surface area (Å²) in [7, 11) is 1.78. The van der Waals surface area contributed by atoms with Crippen LogP contribution in [-0.2, 0) is 6.42 Å². The minimum atomic E-state index is 0.740. The molecule has 0 amide bonds. The third-order valence-electron chi connectivity index (χ3n) is 6.01. The molecule has 3 rings (SSSR count). The van der Waals surface area contributed by atoms with Crippen molar-refractivity contribution in [2.75, 3.05) is 20.2 Å². The molecule has 0 aromatic heterocycles. The lowest BCUT2D eigenvalue weighted by Gasteiger charge is -2.48. The van der Waals surface area contributed by atoms with Crippen LogP contribution in [0.4, 0.5) is 5.69 Å². The molecule has 0 saturated carbocycles. The van der Waals surface area contributed by atoms with Gasteiger partial charge in [0.1, 0.15) is 11.4 Å². The fraction of sp³-hybridized carbons (Fsp3) is 0.667. The largest absolute Gasteiger partial charge is 0.497 e. The molecule has 0 spiro atoms. The van der Waals surface area contributed by atoms with Gasteiger partial charge in [0.15, 0.2) is 0 Å². The Morgan fingerprint density at radius 2 is 2.10 bits per heavy atom. The van der Waals surface area contributed by atoms with E-state index in [0.717, 1.165) is 23.6 Å². The zero-order valence-corrected chi connectivity index (χ0v) is 13.4. The summed E-state index contributed by atoms with van der Waals surface area (Å²) in [5.74, 6) is 2.72. The van der Waals surface area contributed by atoms with Crippen LogP contribution in [0, 0.1) is 11.8 Å². The zero-order valence-electron chi connectivity index (χ0n) is 13.4. The molecule has 2 heterocycles. The van der Waals surface area contributed by atoms with Crippen LogP contribution in [0.3, 0.4) is 0 Å². The number of nitrogens with zero attached hydrogens (tertiary/aromatic N) is 1. The van der Waals surface area contributed by atoms with E-state index in [1.165, 1.54) is 42.5 Å². The Balaban J connectivity index is 2.14. The molecular weight excluding hydrogens is 246 g/mol. The second kappa shape index (κ2) is 5.07. The second-order valence-corrected chi connectivity index (χ2v) is 6.90. The summed E-state index contributed by atoms with van der Waals surface area (Å²) < 4.78 is 6.65. The normalized spacial score (nSPS) is 36.1. The lowest BCUT2D eigenvalue weighted by atomic mass is 9.81. The van der Waals surface area contributed by atoms with Crippen molar-refractivity contribution >= 4 is 5.69 Å². The zero-order chi connectivity index (χ0) is 14.3. The van der Waals surface area contributed by atoms with E-state index in [4.69, 9.17) is 4.74 Å². The van der Waals surface area contributed by atoms with Gasteiger partial charge >= 0.3 is 0 Å². The predicted molar refractivity (Wildman–Crippen MR) is 85.3 cm³/mol. The summed E-state index contributed by atoms with van der Waals surface area (Å²) >= 11 is 0. The molecule has 2 aliphatic heterocycles. The van der Waals surface area contributed by atoms with Gasteiger partial charge in [0, 0.05) is 17.5 Å². The average molecular weight is 274 g/mol. The van der Waals surface area contributed by atoms with Crippen molar-refractivity contribution in [2.24, 2.45) is 11.8 Å². The third-order valence-corrected chi connectivity index (χ3v) is 6.01. The summed E-state index contributed by atoms with van der Waals surface area (Å²) in [6, 6.07) is 7.50. The van der Waals surface area contributed by atoms with Crippen LogP contribution >= 0.6 is 0 Å². The molecule has 0 aliphatic carbocycles. The van der Waals surface area contributed by atoms with Crippen LogP contribution in [0.15, 0.2) is 18.2 Å². The fourth-order valence-corrected chi connectivity index (χ4v) is 4.64. The first-order valence-electron chi connectivity index (χ1n) is 8.15. The first-order valence-corrected chi connectivity index (χ1v) is 8.15. The molecule has 4 unspecified atom stereocenters. The number of methoxy groups -OCH3 is 1. The monoisotopic (exact) mass is 274 g/mol. The molecule has 2 aliphatic rings. The molecule has 4 atom stereocenters. The van der Waals surface area contributed by atoms with Crippen molar-refractivity contribution in [2.45, 2.75) is 46.1 Å². The average Bonchev–Trinajstić information content (AvgIpc) is 2.54. The van der Waals surface area contributed by atoms with Crippen molar-refractivity contribution in [3.8, 4) is 5.75 Å². The van der Waals surface area contributed by atoms with Crippen LogP contribution in [-0.4, -0.2) is 26.2 Å². The van der Waals surface area contributed by atoms with Crippen LogP contribution in [0.25, 0.3) is 0 Å². The lowest BCUT2D eigenvalue weighted by Crippen LogP contribution is -2.60. The molecule has 2 heteroatoms. The smallest absolute Gasteiger partial charge is 0.140 e. The van der Waals surface area contributed by atoms with Crippen molar-refractivity contribution in [1.29, 1.82) is 0 Å². The summed E-state index contributed by atoms with van der Waals surface area (Å²) in [6.45, 7) is 9.76. The van der Waals surface area contributed by atoms with Gasteiger partial charge in [0.05, 0.1) is 26.2 Å². The van der Waals surface area contributed by atoms with E-state index >= 15 is 0 Å². The third kappa shape index (κ3) is 1.96.